The third-order valence-corrected chi connectivity index (χ3v) is 9.40. The fourth-order valence-electron chi connectivity index (χ4n) is 6.24. The standard InChI is InChI=1S/C35H35ClN6O5/c1-20-23(7-6-10-26(20)38-31-29-28(13-16-37-31)40(2)35(46)41(3)33(29)43)24-8-5-9-25(30(24)36)27-12-11-22(32(39-27)47-4)19-42-17-14-21(15-18-42)34(44)45/h5-13,16,21H,14-15,17-19H2,1-4H3,(H,37,38)(H,44,45). The van der Waals surface area contributed by atoms with Crippen molar-refractivity contribution >= 4 is 40.0 Å². The van der Waals surface area contributed by atoms with Crippen LogP contribution in [0.25, 0.3) is 33.3 Å². The van der Waals surface area contributed by atoms with Gasteiger partial charge in [-0.25, -0.2) is 14.8 Å². The van der Waals surface area contributed by atoms with E-state index >= 15 is 0 Å². The van der Waals surface area contributed by atoms with Crippen molar-refractivity contribution in [2.24, 2.45) is 20.0 Å². The van der Waals surface area contributed by atoms with Gasteiger partial charge in [0.05, 0.1) is 29.3 Å². The summed E-state index contributed by atoms with van der Waals surface area (Å²) in [6, 6.07) is 17.2. The normalized spacial score (nSPS) is 14.0. The predicted molar refractivity (Wildman–Crippen MR) is 183 cm³/mol. The highest BCUT2D eigenvalue weighted by Gasteiger charge is 2.25. The molecule has 0 aliphatic carbocycles. The number of piperidine rings is 1. The number of ether oxygens (including phenoxy) is 1. The summed E-state index contributed by atoms with van der Waals surface area (Å²) in [7, 11) is 4.66. The number of benzene rings is 2. The highest BCUT2D eigenvalue weighted by molar-refractivity contribution is 6.36. The quantitative estimate of drug-likeness (QED) is 0.227. The Balaban J connectivity index is 1.31. The third kappa shape index (κ3) is 5.99. The average Bonchev–Trinajstić information content (AvgIpc) is 3.08. The SMILES string of the molecule is COc1nc(-c2cccc(-c3cccc(Nc4nccc5c4c(=O)n(C)c(=O)n5C)c3C)c2Cl)ccc1CN1CCC(C(=O)O)CC1. The highest BCUT2D eigenvalue weighted by Crippen LogP contribution is 2.40. The minimum atomic E-state index is -0.728. The second kappa shape index (κ2) is 13.0. The number of methoxy groups -OCH3 is 1. The van der Waals surface area contributed by atoms with Crippen LogP contribution in [0.15, 0.2) is 70.4 Å². The molecule has 0 saturated carbocycles. The van der Waals surface area contributed by atoms with E-state index in [-0.39, 0.29) is 5.92 Å². The van der Waals surface area contributed by atoms with Gasteiger partial charge in [0, 0.05) is 49.2 Å². The first kappa shape index (κ1) is 32.0. The van der Waals surface area contributed by atoms with Gasteiger partial charge in [0.1, 0.15) is 11.2 Å². The molecule has 1 aliphatic heterocycles. The number of nitrogens with one attached hydrogen (secondary N) is 1. The summed E-state index contributed by atoms with van der Waals surface area (Å²) in [5.74, 6) is -0.170. The van der Waals surface area contributed by atoms with E-state index in [4.69, 9.17) is 21.3 Å². The molecular weight excluding hydrogens is 620 g/mol. The van der Waals surface area contributed by atoms with E-state index in [1.54, 1.807) is 26.4 Å². The van der Waals surface area contributed by atoms with Crippen LogP contribution >= 0.6 is 11.6 Å². The molecule has 2 N–H and O–H groups in total. The van der Waals surface area contributed by atoms with Gasteiger partial charge in [0.25, 0.3) is 5.56 Å². The van der Waals surface area contributed by atoms with Crippen molar-refractivity contribution in [2.45, 2.75) is 26.3 Å². The summed E-state index contributed by atoms with van der Waals surface area (Å²) in [5.41, 5.74) is 5.28. The molecule has 1 fully saturated rings. The Morgan fingerprint density at radius 3 is 2.43 bits per heavy atom. The second-order valence-electron chi connectivity index (χ2n) is 11.8. The number of fused-ring (bicyclic) bond motifs is 1. The molecule has 2 aromatic carbocycles. The van der Waals surface area contributed by atoms with Crippen LogP contribution in [0.5, 0.6) is 5.88 Å². The number of carboxylic acid groups (broad SMARTS) is 1. The number of aromatic nitrogens is 4. The molecule has 1 aliphatic rings. The smallest absolute Gasteiger partial charge is 0.330 e. The van der Waals surface area contributed by atoms with Gasteiger partial charge in [-0.1, -0.05) is 48.0 Å². The van der Waals surface area contributed by atoms with E-state index in [1.807, 2.05) is 55.5 Å². The monoisotopic (exact) mass is 654 g/mol. The van der Waals surface area contributed by atoms with Crippen molar-refractivity contribution in [3.63, 3.8) is 0 Å². The van der Waals surface area contributed by atoms with Gasteiger partial charge in [-0.15, -0.1) is 0 Å². The molecule has 11 nitrogen and oxygen atoms in total. The molecule has 0 amide bonds. The summed E-state index contributed by atoms with van der Waals surface area (Å²) >= 11 is 7.09. The summed E-state index contributed by atoms with van der Waals surface area (Å²) < 4.78 is 8.18. The van der Waals surface area contributed by atoms with E-state index in [9.17, 15) is 19.5 Å². The first-order valence-corrected chi connectivity index (χ1v) is 15.7. The van der Waals surface area contributed by atoms with Crippen molar-refractivity contribution in [1.82, 2.24) is 24.0 Å². The van der Waals surface area contributed by atoms with Crippen LogP contribution in [0.2, 0.25) is 5.02 Å². The number of pyridine rings is 2. The molecule has 6 rings (SSSR count). The molecule has 1 saturated heterocycles. The number of hydrogen-bond acceptors (Lipinski definition) is 8. The molecule has 0 atom stereocenters. The van der Waals surface area contributed by atoms with Gasteiger partial charge < -0.3 is 15.2 Å². The third-order valence-electron chi connectivity index (χ3n) is 9.00. The van der Waals surface area contributed by atoms with Crippen LogP contribution in [0.3, 0.4) is 0 Å². The maximum Gasteiger partial charge on any atom is 0.330 e. The number of carbonyl (C=O) groups is 1. The Hall–Kier alpha value is -5.00. The molecule has 5 aromatic rings. The lowest BCUT2D eigenvalue weighted by Crippen LogP contribution is -2.37. The molecule has 0 radical (unpaired) electrons. The minimum Gasteiger partial charge on any atom is -0.481 e. The van der Waals surface area contributed by atoms with Crippen LogP contribution in [-0.2, 0) is 25.4 Å². The van der Waals surface area contributed by atoms with Crippen LogP contribution in [-0.4, -0.2) is 55.3 Å². The van der Waals surface area contributed by atoms with E-state index in [1.165, 1.54) is 11.6 Å². The maximum absolute atomic E-state index is 13.1. The van der Waals surface area contributed by atoms with Gasteiger partial charge >= 0.3 is 11.7 Å². The Kier molecular flexibility index (Phi) is 8.85. The zero-order valence-corrected chi connectivity index (χ0v) is 27.3. The number of anilines is 2. The zero-order chi connectivity index (χ0) is 33.4. The summed E-state index contributed by atoms with van der Waals surface area (Å²) in [6.45, 7) is 3.99. The molecule has 0 bridgehead atoms. The fraction of sp³-hybridized carbons (Fsp3) is 0.286. The van der Waals surface area contributed by atoms with Crippen LogP contribution in [0.4, 0.5) is 11.5 Å². The molecule has 4 heterocycles. The number of nitrogens with zero attached hydrogens (tertiary/aromatic N) is 5. The average molecular weight is 655 g/mol. The van der Waals surface area contributed by atoms with Crippen molar-refractivity contribution in [2.75, 3.05) is 25.5 Å². The number of carboxylic acids is 1. The lowest BCUT2D eigenvalue weighted by Gasteiger charge is -2.30. The van der Waals surface area contributed by atoms with Crippen LogP contribution < -0.4 is 21.3 Å². The number of rotatable bonds is 8. The van der Waals surface area contributed by atoms with Crippen molar-refractivity contribution < 1.29 is 14.6 Å². The van der Waals surface area contributed by atoms with E-state index in [2.05, 4.69) is 15.2 Å². The molecule has 3 aromatic heterocycles. The first-order valence-electron chi connectivity index (χ1n) is 15.3. The molecule has 47 heavy (non-hydrogen) atoms. The topological polar surface area (TPSA) is 132 Å². The van der Waals surface area contributed by atoms with Crippen LogP contribution in [0.1, 0.15) is 24.0 Å². The Morgan fingerprint density at radius 1 is 1.00 bits per heavy atom. The molecule has 242 valence electrons. The minimum absolute atomic E-state index is 0.288. The molecule has 0 spiro atoms. The largest absolute Gasteiger partial charge is 0.481 e. The second-order valence-corrected chi connectivity index (χ2v) is 12.2. The number of likely N-dealkylation sites (tertiary alicyclic amines) is 1. The lowest BCUT2D eigenvalue weighted by atomic mass is 9.96. The van der Waals surface area contributed by atoms with E-state index < -0.39 is 17.2 Å². The summed E-state index contributed by atoms with van der Waals surface area (Å²) in [4.78, 5) is 48.4. The zero-order valence-electron chi connectivity index (χ0n) is 26.6. The number of hydrogen-bond donors (Lipinski definition) is 2. The van der Waals surface area contributed by atoms with E-state index in [0.717, 1.165) is 38.1 Å². The Labute approximate surface area is 276 Å². The molecule has 12 heteroatoms. The van der Waals surface area contributed by atoms with Gasteiger partial charge in [-0.2, -0.15) is 0 Å². The van der Waals surface area contributed by atoms with Gasteiger partial charge in [0.2, 0.25) is 5.88 Å². The molecule has 0 unspecified atom stereocenters. The number of aryl methyl sites for hydroxylation is 1. The Morgan fingerprint density at radius 2 is 1.70 bits per heavy atom. The fourth-order valence-corrected chi connectivity index (χ4v) is 6.57. The number of aliphatic carboxylic acids is 1. The molecular formula is C35H35ClN6O5. The van der Waals surface area contributed by atoms with Crippen molar-refractivity contribution in [3.8, 4) is 28.3 Å². The summed E-state index contributed by atoms with van der Waals surface area (Å²) in [5, 5.41) is 13.5. The highest BCUT2D eigenvalue weighted by atomic mass is 35.5. The summed E-state index contributed by atoms with van der Waals surface area (Å²) in [6.07, 6.45) is 2.82. The Bertz CT molecular complexity index is 2130. The van der Waals surface area contributed by atoms with Gasteiger partial charge in [-0.05, 0) is 62.2 Å². The number of halogens is 1. The van der Waals surface area contributed by atoms with E-state index in [0.29, 0.717) is 65.8 Å². The van der Waals surface area contributed by atoms with Gasteiger partial charge in [-0.3, -0.25) is 23.6 Å². The van der Waals surface area contributed by atoms with Crippen molar-refractivity contribution in [1.29, 1.82) is 0 Å². The predicted octanol–water partition coefficient (Wildman–Crippen LogP) is 5.37. The lowest BCUT2D eigenvalue weighted by molar-refractivity contribution is -0.143. The first-order chi connectivity index (χ1) is 22.6. The maximum atomic E-state index is 13.1. The van der Waals surface area contributed by atoms with Gasteiger partial charge in [0.15, 0.2) is 0 Å². The van der Waals surface area contributed by atoms with Crippen LogP contribution in [0, 0.1) is 12.8 Å². The van der Waals surface area contributed by atoms with Crippen molar-refractivity contribution in [3.05, 3.63) is 97.8 Å².